The third kappa shape index (κ3) is 2.53. The van der Waals surface area contributed by atoms with Gasteiger partial charge in [-0.05, 0) is 54.4 Å². The molecular weight excluding hydrogens is 274 g/mol. The molecule has 1 atom stereocenters. The monoisotopic (exact) mass is 288 g/mol. The SMILES string of the molecule is Cc1cc(F)ccc1C(NN)c1cc2cc(F)ccc2o1. The van der Waals surface area contributed by atoms with Gasteiger partial charge in [0.25, 0.3) is 0 Å². The minimum absolute atomic E-state index is 0.307. The molecule has 1 unspecified atom stereocenters. The molecule has 0 aliphatic rings. The van der Waals surface area contributed by atoms with Gasteiger partial charge < -0.3 is 4.42 Å². The van der Waals surface area contributed by atoms with E-state index in [1.807, 2.05) is 0 Å². The van der Waals surface area contributed by atoms with Crippen LogP contribution in [0.5, 0.6) is 0 Å². The first-order valence-corrected chi connectivity index (χ1v) is 6.49. The van der Waals surface area contributed by atoms with Crippen molar-refractivity contribution in [1.82, 2.24) is 5.43 Å². The van der Waals surface area contributed by atoms with E-state index in [1.165, 1.54) is 24.3 Å². The van der Waals surface area contributed by atoms with Crippen LogP contribution in [0.3, 0.4) is 0 Å². The Labute approximate surface area is 120 Å². The van der Waals surface area contributed by atoms with E-state index < -0.39 is 6.04 Å². The summed E-state index contributed by atoms with van der Waals surface area (Å²) in [5, 5.41) is 0.657. The highest BCUT2D eigenvalue weighted by molar-refractivity contribution is 5.78. The lowest BCUT2D eigenvalue weighted by atomic mass is 9.99. The summed E-state index contributed by atoms with van der Waals surface area (Å²) in [6.45, 7) is 1.80. The van der Waals surface area contributed by atoms with E-state index in [-0.39, 0.29) is 11.6 Å². The van der Waals surface area contributed by atoms with Gasteiger partial charge in [0, 0.05) is 5.39 Å². The molecule has 3 N–H and O–H groups in total. The highest BCUT2D eigenvalue weighted by Crippen LogP contribution is 2.30. The lowest BCUT2D eigenvalue weighted by Gasteiger charge is -2.16. The van der Waals surface area contributed by atoms with E-state index in [1.54, 1.807) is 25.1 Å². The lowest BCUT2D eigenvalue weighted by molar-refractivity contribution is 0.475. The number of halogens is 2. The third-order valence-electron chi connectivity index (χ3n) is 3.49. The predicted octanol–water partition coefficient (Wildman–Crippen LogP) is 3.57. The number of furan rings is 1. The number of nitrogens with one attached hydrogen (secondary N) is 1. The quantitative estimate of drug-likeness (QED) is 0.572. The van der Waals surface area contributed by atoms with E-state index in [0.717, 1.165) is 11.1 Å². The van der Waals surface area contributed by atoms with Crippen LogP contribution in [0.25, 0.3) is 11.0 Å². The van der Waals surface area contributed by atoms with E-state index in [0.29, 0.717) is 16.7 Å². The highest BCUT2D eigenvalue weighted by atomic mass is 19.1. The van der Waals surface area contributed by atoms with Gasteiger partial charge in [-0.2, -0.15) is 0 Å². The molecule has 0 aliphatic carbocycles. The second kappa shape index (κ2) is 5.27. The zero-order valence-corrected chi connectivity index (χ0v) is 11.4. The first-order valence-electron chi connectivity index (χ1n) is 6.49. The van der Waals surface area contributed by atoms with Crippen LogP contribution < -0.4 is 11.3 Å². The normalized spacial score (nSPS) is 12.8. The van der Waals surface area contributed by atoms with E-state index >= 15 is 0 Å². The van der Waals surface area contributed by atoms with Gasteiger partial charge in [0.05, 0.1) is 0 Å². The number of nitrogens with two attached hydrogens (primary N) is 1. The van der Waals surface area contributed by atoms with Gasteiger partial charge in [-0.1, -0.05) is 6.07 Å². The molecule has 3 aromatic rings. The molecule has 0 aliphatic heterocycles. The van der Waals surface area contributed by atoms with Gasteiger partial charge in [0.2, 0.25) is 0 Å². The smallest absolute Gasteiger partial charge is 0.134 e. The molecule has 5 heteroatoms. The van der Waals surface area contributed by atoms with Crippen molar-refractivity contribution in [3.8, 4) is 0 Å². The maximum Gasteiger partial charge on any atom is 0.134 e. The summed E-state index contributed by atoms with van der Waals surface area (Å²) in [5.41, 5.74) is 4.79. The summed E-state index contributed by atoms with van der Waals surface area (Å²) in [7, 11) is 0. The van der Waals surface area contributed by atoms with Crippen molar-refractivity contribution in [2.45, 2.75) is 13.0 Å². The van der Waals surface area contributed by atoms with Crippen molar-refractivity contribution in [2.75, 3.05) is 0 Å². The molecule has 0 radical (unpaired) electrons. The number of fused-ring (bicyclic) bond motifs is 1. The van der Waals surface area contributed by atoms with E-state index in [2.05, 4.69) is 5.43 Å². The van der Waals surface area contributed by atoms with E-state index in [4.69, 9.17) is 10.3 Å². The van der Waals surface area contributed by atoms with Gasteiger partial charge in [0.15, 0.2) is 0 Å². The number of aryl methyl sites for hydroxylation is 1. The topological polar surface area (TPSA) is 51.2 Å². The van der Waals surface area contributed by atoms with Gasteiger partial charge in [0.1, 0.15) is 29.0 Å². The fourth-order valence-corrected chi connectivity index (χ4v) is 2.47. The summed E-state index contributed by atoms with van der Waals surface area (Å²) < 4.78 is 32.2. The Balaban J connectivity index is 2.09. The fourth-order valence-electron chi connectivity index (χ4n) is 2.47. The molecule has 0 saturated heterocycles. The first-order chi connectivity index (χ1) is 10.1. The summed E-state index contributed by atoms with van der Waals surface area (Å²) >= 11 is 0. The van der Waals surface area contributed by atoms with Crippen LogP contribution in [0.4, 0.5) is 8.78 Å². The zero-order chi connectivity index (χ0) is 15.0. The second-order valence-electron chi connectivity index (χ2n) is 4.93. The standard InChI is InChI=1S/C16H14F2N2O/c1-9-6-11(17)2-4-13(9)16(20-19)15-8-10-7-12(18)3-5-14(10)21-15/h2-8,16,20H,19H2,1H3. The molecular formula is C16H14F2N2O. The van der Waals surface area contributed by atoms with Crippen molar-refractivity contribution < 1.29 is 13.2 Å². The molecule has 1 aromatic heterocycles. The van der Waals surface area contributed by atoms with E-state index in [9.17, 15) is 8.78 Å². The average molecular weight is 288 g/mol. The Kier molecular flexibility index (Phi) is 3.45. The Hall–Kier alpha value is -2.24. The molecule has 0 spiro atoms. The largest absolute Gasteiger partial charge is 0.459 e. The summed E-state index contributed by atoms with van der Waals surface area (Å²) in [4.78, 5) is 0. The van der Waals surface area contributed by atoms with Crippen LogP contribution in [0.15, 0.2) is 46.9 Å². The molecule has 0 bridgehead atoms. The van der Waals surface area contributed by atoms with Crippen molar-refractivity contribution in [3.05, 3.63) is 71.0 Å². The van der Waals surface area contributed by atoms with Crippen LogP contribution >= 0.6 is 0 Å². The van der Waals surface area contributed by atoms with Crippen LogP contribution in [0.1, 0.15) is 22.9 Å². The Morgan fingerprint density at radius 3 is 2.48 bits per heavy atom. The van der Waals surface area contributed by atoms with Gasteiger partial charge >= 0.3 is 0 Å². The number of hydrazine groups is 1. The van der Waals surface area contributed by atoms with Crippen molar-refractivity contribution in [1.29, 1.82) is 0 Å². The number of benzene rings is 2. The second-order valence-corrected chi connectivity index (χ2v) is 4.93. The number of hydrogen-bond donors (Lipinski definition) is 2. The molecule has 0 saturated carbocycles. The summed E-state index contributed by atoms with van der Waals surface area (Å²) in [5.74, 6) is 5.53. The fraction of sp³-hybridized carbons (Fsp3) is 0.125. The Bertz CT molecular complexity index is 798. The molecule has 21 heavy (non-hydrogen) atoms. The predicted molar refractivity (Wildman–Crippen MR) is 76.5 cm³/mol. The minimum atomic E-state index is -0.430. The van der Waals surface area contributed by atoms with Crippen molar-refractivity contribution in [2.24, 2.45) is 5.84 Å². The average Bonchev–Trinajstić information content (AvgIpc) is 2.84. The summed E-state index contributed by atoms with van der Waals surface area (Å²) in [6.07, 6.45) is 0. The number of rotatable bonds is 3. The molecule has 1 heterocycles. The summed E-state index contributed by atoms with van der Waals surface area (Å²) in [6, 6.07) is 10.1. The Morgan fingerprint density at radius 1 is 1.05 bits per heavy atom. The molecule has 0 fully saturated rings. The van der Waals surface area contributed by atoms with Crippen LogP contribution in [0.2, 0.25) is 0 Å². The zero-order valence-electron chi connectivity index (χ0n) is 11.4. The first kappa shape index (κ1) is 13.7. The Morgan fingerprint density at radius 2 is 1.76 bits per heavy atom. The number of hydrogen-bond acceptors (Lipinski definition) is 3. The van der Waals surface area contributed by atoms with Crippen LogP contribution in [-0.4, -0.2) is 0 Å². The van der Waals surface area contributed by atoms with Gasteiger partial charge in [-0.3, -0.25) is 5.84 Å². The molecule has 3 nitrogen and oxygen atoms in total. The van der Waals surface area contributed by atoms with Crippen molar-refractivity contribution in [3.63, 3.8) is 0 Å². The molecule has 3 rings (SSSR count). The molecule has 108 valence electrons. The maximum absolute atomic E-state index is 13.2. The minimum Gasteiger partial charge on any atom is -0.459 e. The van der Waals surface area contributed by atoms with Crippen LogP contribution in [-0.2, 0) is 0 Å². The third-order valence-corrected chi connectivity index (χ3v) is 3.49. The van der Waals surface area contributed by atoms with Crippen molar-refractivity contribution >= 4 is 11.0 Å². The molecule has 2 aromatic carbocycles. The maximum atomic E-state index is 13.2. The van der Waals surface area contributed by atoms with Gasteiger partial charge in [-0.25, -0.2) is 14.2 Å². The molecule has 0 amide bonds. The lowest BCUT2D eigenvalue weighted by Crippen LogP contribution is -2.29. The van der Waals surface area contributed by atoms with Crippen LogP contribution in [0, 0.1) is 18.6 Å². The van der Waals surface area contributed by atoms with Gasteiger partial charge in [-0.15, -0.1) is 0 Å². The highest BCUT2D eigenvalue weighted by Gasteiger charge is 2.19.